The fourth-order valence-corrected chi connectivity index (χ4v) is 4.42. The van der Waals surface area contributed by atoms with Crippen LogP contribution in [0.25, 0.3) is 0 Å². The van der Waals surface area contributed by atoms with Crippen molar-refractivity contribution in [3.8, 4) is 5.75 Å². The third kappa shape index (κ3) is 3.70. The van der Waals surface area contributed by atoms with Gasteiger partial charge in [0.05, 0.1) is 10.9 Å². The summed E-state index contributed by atoms with van der Waals surface area (Å²) in [5.74, 6) is 0.261. The lowest BCUT2D eigenvalue weighted by Crippen LogP contribution is -2.41. The summed E-state index contributed by atoms with van der Waals surface area (Å²) < 4.78 is 47.8. The number of halogens is 1. The average molecular weight is 363 g/mol. The van der Waals surface area contributed by atoms with Crippen molar-refractivity contribution in [3.63, 3.8) is 0 Å². The quantitative estimate of drug-likeness (QED) is 0.896. The summed E-state index contributed by atoms with van der Waals surface area (Å²) in [6, 6.07) is 9.15. The number of hydrogen-bond acceptors (Lipinski definition) is 3. The van der Waals surface area contributed by atoms with E-state index in [4.69, 9.17) is 4.74 Å². The van der Waals surface area contributed by atoms with Crippen LogP contribution >= 0.6 is 0 Å². The number of fused-ring (bicyclic) bond motifs is 1. The highest BCUT2D eigenvalue weighted by atomic mass is 32.2. The molecule has 0 saturated carbocycles. The third-order valence-electron chi connectivity index (χ3n) is 4.36. The number of nitrogens with one attached hydrogen (secondary N) is 1. The van der Waals surface area contributed by atoms with Gasteiger partial charge >= 0.3 is 0 Å². The summed E-state index contributed by atoms with van der Waals surface area (Å²) in [5, 5.41) is 0. The van der Waals surface area contributed by atoms with Gasteiger partial charge in [-0.05, 0) is 57.5 Å². The van der Waals surface area contributed by atoms with Crippen LogP contribution in [0.3, 0.4) is 0 Å². The van der Waals surface area contributed by atoms with Gasteiger partial charge in [0.1, 0.15) is 17.2 Å². The lowest BCUT2D eigenvalue weighted by molar-refractivity contribution is 0.0701. The van der Waals surface area contributed by atoms with Crippen molar-refractivity contribution in [1.29, 1.82) is 0 Å². The average Bonchev–Trinajstić information content (AvgIpc) is 2.49. The molecule has 6 heteroatoms. The number of sulfonamides is 1. The van der Waals surface area contributed by atoms with Crippen molar-refractivity contribution in [1.82, 2.24) is 4.72 Å². The molecule has 0 unspecified atom stereocenters. The molecule has 0 radical (unpaired) electrons. The standard InChI is InChI=1S/C19H22FNO3S/c1-12-5-8-18-15(9-12)17(11-19(3,4)24-18)21-25(22,23)14-6-7-16(20)13(2)10-14/h5-10,17,21H,11H2,1-4H3/t17-/m1/s1. The summed E-state index contributed by atoms with van der Waals surface area (Å²) in [6.07, 6.45) is 0.503. The molecule has 0 aromatic heterocycles. The number of rotatable bonds is 3. The minimum absolute atomic E-state index is 0.0601. The van der Waals surface area contributed by atoms with E-state index in [9.17, 15) is 12.8 Å². The van der Waals surface area contributed by atoms with Crippen molar-refractivity contribution in [2.75, 3.05) is 0 Å². The first kappa shape index (κ1) is 17.9. The zero-order chi connectivity index (χ0) is 18.4. The van der Waals surface area contributed by atoms with Gasteiger partial charge in [-0.15, -0.1) is 0 Å². The van der Waals surface area contributed by atoms with Gasteiger partial charge in [0, 0.05) is 12.0 Å². The van der Waals surface area contributed by atoms with Crippen molar-refractivity contribution in [2.24, 2.45) is 0 Å². The Labute approximate surface area is 148 Å². The first-order valence-corrected chi connectivity index (χ1v) is 9.64. The van der Waals surface area contributed by atoms with Gasteiger partial charge in [0.15, 0.2) is 0 Å². The largest absolute Gasteiger partial charge is 0.487 e. The SMILES string of the molecule is Cc1ccc2c(c1)[C@H](NS(=O)(=O)c1ccc(F)c(C)c1)CC(C)(C)O2. The monoisotopic (exact) mass is 363 g/mol. The second-order valence-corrected chi connectivity index (χ2v) is 8.91. The second-order valence-electron chi connectivity index (χ2n) is 7.19. The molecule has 0 spiro atoms. The van der Waals surface area contributed by atoms with Crippen molar-refractivity contribution >= 4 is 10.0 Å². The summed E-state index contributed by atoms with van der Waals surface area (Å²) in [7, 11) is -3.78. The number of hydrogen-bond donors (Lipinski definition) is 1. The number of benzene rings is 2. The zero-order valence-corrected chi connectivity index (χ0v) is 15.6. The molecule has 1 aliphatic heterocycles. The number of aryl methyl sites for hydroxylation is 2. The Morgan fingerprint density at radius 1 is 1.16 bits per heavy atom. The molecule has 134 valence electrons. The zero-order valence-electron chi connectivity index (χ0n) is 14.8. The van der Waals surface area contributed by atoms with Crippen LogP contribution in [0.4, 0.5) is 4.39 Å². The molecule has 2 aromatic carbocycles. The van der Waals surface area contributed by atoms with E-state index in [2.05, 4.69) is 4.72 Å². The van der Waals surface area contributed by atoms with Gasteiger partial charge < -0.3 is 4.74 Å². The molecule has 1 aliphatic rings. The summed E-state index contributed by atoms with van der Waals surface area (Å²) in [4.78, 5) is 0.0601. The molecule has 3 rings (SSSR count). The molecule has 25 heavy (non-hydrogen) atoms. The Hall–Kier alpha value is -1.92. The second kappa shape index (κ2) is 6.11. The molecule has 0 saturated heterocycles. The summed E-state index contributed by atoms with van der Waals surface area (Å²) >= 11 is 0. The fourth-order valence-electron chi connectivity index (χ4n) is 3.12. The van der Waals surface area contributed by atoms with E-state index in [0.717, 1.165) is 11.1 Å². The molecule has 1 atom stereocenters. The van der Waals surface area contributed by atoms with Crippen LogP contribution < -0.4 is 9.46 Å². The van der Waals surface area contributed by atoms with Gasteiger partial charge in [-0.1, -0.05) is 17.7 Å². The van der Waals surface area contributed by atoms with Gasteiger partial charge in [0.25, 0.3) is 0 Å². The molecule has 4 nitrogen and oxygen atoms in total. The molecular formula is C19H22FNO3S. The smallest absolute Gasteiger partial charge is 0.241 e. The Morgan fingerprint density at radius 2 is 1.88 bits per heavy atom. The maximum absolute atomic E-state index is 13.5. The normalized spacial score (nSPS) is 19.2. The van der Waals surface area contributed by atoms with Crippen LogP contribution in [0.5, 0.6) is 5.75 Å². The summed E-state index contributed by atoms with van der Waals surface area (Å²) in [6.45, 7) is 7.36. The van der Waals surface area contributed by atoms with Crippen LogP contribution in [0.15, 0.2) is 41.3 Å². The highest BCUT2D eigenvalue weighted by Crippen LogP contribution is 2.40. The minimum Gasteiger partial charge on any atom is -0.487 e. The maximum atomic E-state index is 13.5. The molecule has 0 fully saturated rings. The predicted molar refractivity (Wildman–Crippen MR) is 94.7 cm³/mol. The van der Waals surface area contributed by atoms with Gasteiger partial charge in [0.2, 0.25) is 10.0 Å². The van der Waals surface area contributed by atoms with Crippen LogP contribution in [-0.2, 0) is 10.0 Å². The molecular weight excluding hydrogens is 341 g/mol. The Balaban J connectivity index is 1.99. The van der Waals surface area contributed by atoms with E-state index in [0.29, 0.717) is 17.7 Å². The topological polar surface area (TPSA) is 55.4 Å². The van der Waals surface area contributed by atoms with E-state index in [-0.39, 0.29) is 4.90 Å². The molecule has 1 N–H and O–H groups in total. The third-order valence-corrected chi connectivity index (χ3v) is 5.83. The van der Waals surface area contributed by atoms with E-state index < -0.39 is 27.5 Å². The van der Waals surface area contributed by atoms with E-state index >= 15 is 0 Å². The van der Waals surface area contributed by atoms with Gasteiger partial charge in [-0.2, -0.15) is 0 Å². The number of ether oxygens (including phenoxy) is 1. The first-order chi connectivity index (χ1) is 11.6. The van der Waals surface area contributed by atoms with Crippen LogP contribution in [0.1, 0.15) is 43.0 Å². The van der Waals surface area contributed by atoms with Crippen molar-refractivity contribution in [3.05, 3.63) is 58.9 Å². The lowest BCUT2D eigenvalue weighted by Gasteiger charge is -2.38. The van der Waals surface area contributed by atoms with Crippen LogP contribution in [0.2, 0.25) is 0 Å². The van der Waals surface area contributed by atoms with Crippen molar-refractivity contribution in [2.45, 2.75) is 50.7 Å². The molecule has 1 heterocycles. The van der Waals surface area contributed by atoms with E-state index in [1.807, 2.05) is 39.0 Å². The predicted octanol–water partition coefficient (Wildman–Crippen LogP) is 4.02. The molecule has 2 aromatic rings. The van der Waals surface area contributed by atoms with E-state index in [1.165, 1.54) is 18.2 Å². The molecule has 0 amide bonds. The minimum atomic E-state index is -3.78. The van der Waals surface area contributed by atoms with Crippen molar-refractivity contribution < 1.29 is 17.5 Å². The van der Waals surface area contributed by atoms with Crippen LogP contribution in [0, 0.1) is 19.7 Å². The summed E-state index contributed by atoms with van der Waals surface area (Å²) in [5.41, 5.74) is 1.66. The van der Waals surface area contributed by atoms with Crippen LogP contribution in [-0.4, -0.2) is 14.0 Å². The Morgan fingerprint density at radius 3 is 2.56 bits per heavy atom. The highest BCUT2D eigenvalue weighted by Gasteiger charge is 2.36. The van der Waals surface area contributed by atoms with E-state index in [1.54, 1.807) is 6.92 Å². The lowest BCUT2D eigenvalue weighted by atomic mass is 9.89. The Bertz CT molecular complexity index is 922. The van der Waals surface area contributed by atoms with Gasteiger partial charge in [-0.3, -0.25) is 0 Å². The molecule has 0 aliphatic carbocycles. The molecule has 0 bridgehead atoms. The Kier molecular flexibility index (Phi) is 4.37. The van der Waals surface area contributed by atoms with Gasteiger partial charge in [-0.25, -0.2) is 17.5 Å². The maximum Gasteiger partial charge on any atom is 0.241 e. The fraction of sp³-hybridized carbons (Fsp3) is 0.368. The first-order valence-electron chi connectivity index (χ1n) is 8.15. The highest BCUT2D eigenvalue weighted by molar-refractivity contribution is 7.89.